The third kappa shape index (κ3) is 65.4. The quantitative estimate of drug-likeness (QED) is 0.0222. The summed E-state index contributed by atoms with van der Waals surface area (Å²) in [7, 11) is -9.90. The molecule has 546 valence electrons. The van der Waals surface area contributed by atoms with E-state index in [1.807, 2.05) is 0 Å². The Balaban J connectivity index is 5.14. The van der Waals surface area contributed by atoms with Crippen molar-refractivity contribution in [1.82, 2.24) is 0 Å². The fourth-order valence-corrected chi connectivity index (χ4v) is 12.6. The number of unbranched alkanes of at least 4 members (excludes halogenated alkanes) is 38. The summed E-state index contributed by atoms with van der Waals surface area (Å²) in [6.07, 6.45) is 48.8. The van der Waals surface area contributed by atoms with Crippen LogP contribution in [0.1, 0.15) is 370 Å². The molecule has 3 unspecified atom stereocenters. The zero-order chi connectivity index (χ0) is 68.0. The molecule has 0 aromatic heterocycles. The van der Waals surface area contributed by atoms with Crippen molar-refractivity contribution in [3.05, 3.63) is 0 Å². The summed E-state index contributed by atoms with van der Waals surface area (Å²) in [5.74, 6) is 0.188. The molecule has 6 atom stereocenters. The van der Waals surface area contributed by atoms with Gasteiger partial charge in [0.05, 0.1) is 26.4 Å². The van der Waals surface area contributed by atoms with Gasteiger partial charge in [0.2, 0.25) is 0 Å². The third-order valence-corrected chi connectivity index (χ3v) is 19.1. The van der Waals surface area contributed by atoms with Crippen molar-refractivity contribution in [1.29, 1.82) is 0 Å². The lowest BCUT2D eigenvalue weighted by atomic mass is 9.99. The van der Waals surface area contributed by atoms with Crippen LogP contribution in [0.15, 0.2) is 0 Å². The topological polar surface area (TPSA) is 237 Å². The molecule has 0 aliphatic heterocycles. The first kappa shape index (κ1) is 90.1. The number of rotatable bonds is 71. The minimum Gasteiger partial charge on any atom is -0.462 e. The highest BCUT2D eigenvalue weighted by molar-refractivity contribution is 7.47. The van der Waals surface area contributed by atoms with Gasteiger partial charge in [-0.2, -0.15) is 0 Å². The van der Waals surface area contributed by atoms with Gasteiger partial charge in [0.15, 0.2) is 12.2 Å². The molecule has 3 N–H and O–H groups in total. The van der Waals surface area contributed by atoms with Crippen LogP contribution in [-0.4, -0.2) is 96.7 Å². The van der Waals surface area contributed by atoms with E-state index < -0.39 is 97.5 Å². The summed E-state index contributed by atoms with van der Waals surface area (Å²) >= 11 is 0. The highest BCUT2D eigenvalue weighted by Gasteiger charge is 2.30. The molecule has 0 aromatic carbocycles. The monoisotopic (exact) mass is 1350 g/mol. The van der Waals surface area contributed by atoms with Gasteiger partial charge < -0.3 is 33.8 Å². The highest BCUT2D eigenvalue weighted by atomic mass is 31.2. The number of aliphatic hydroxyl groups excluding tert-OH is 1. The number of esters is 4. The van der Waals surface area contributed by atoms with Crippen LogP contribution < -0.4 is 0 Å². The van der Waals surface area contributed by atoms with Gasteiger partial charge in [0, 0.05) is 25.7 Å². The Morgan fingerprint density at radius 1 is 0.315 bits per heavy atom. The molecule has 0 radical (unpaired) electrons. The van der Waals surface area contributed by atoms with Crippen LogP contribution in [0.5, 0.6) is 0 Å². The zero-order valence-electron chi connectivity index (χ0n) is 60.0. The van der Waals surface area contributed by atoms with E-state index in [2.05, 4.69) is 48.5 Å². The van der Waals surface area contributed by atoms with Crippen molar-refractivity contribution < 1.29 is 80.2 Å². The number of ether oxygens (including phenoxy) is 4. The molecule has 19 heteroatoms. The van der Waals surface area contributed by atoms with Crippen LogP contribution in [-0.2, 0) is 65.4 Å². The van der Waals surface area contributed by atoms with Gasteiger partial charge in [-0.1, -0.05) is 318 Å². The van der Waals surface area contributed by atoms with Crippen LogP contribution in [0.3, 0.4) is 0 Å². The number of carbonyl (C=O) groups excluding carboxylic acids is 4. The SMILES string of the molecule is CCCCCCCCCCC(=O)OC[C@H](COP(=O)(O)OC[C@H](O)COP(=O)(O)OC[C@@H](COC(=O)CCCCCCCCCCC(C)C)OC(=O)CCCCCCCCCCCCCCCCCCCCC(C)CC)OC(=O)CCCCCCCCCCC(C)C. The largest absolute Gasteiger partial charge is 0.472 e. The summed E-state index contributed by atoms with van der Waals surface area (Å²) in [6.45, 7) is 11.8. The molecule has 0 amide bonds. The molecule has 0 bridgehead atoms. The third-order valence-electron chi connectivity index (χ3n) is 17.2. The van der Waals surface area contributed by atoms with E-state index in [9.17, 15) is 43.2 Å². The number of aliphatic hydroxyl groups is 1. The molecule has 0 saturated carbocycles. The Morgan fingerprint density at radius 3 is 0.826 bits per heavy atom. The number of carbonyl (C=O) groups is 4. The number of hydrogen-bond acceptors (Lipinski definition) is 15. The van der Waals surface area contributed by atoms with Gasteiger partial charge in [-0.3, -0.25) is 37.3 Å². The van der Waals surface area contributed by atoms with E-state index in [-0.39, 0.29) is 25.7 Å². The van der Waals surface area contributed by atoms with Crippen LogP contribution in [0.4, 0.5) is 0 Å². The summed E-state index contributed by atoms with van der Waals surface area (Å²) in [4.78, 5) is 72.5. The van der Waals surface area contributed by atoms with Gasteiger partial charge in [0.1, 0.15) is 19.3 Å². The maximum Gasteiger partial charge on any atom is 0.472 e. The van der Waals surface area contributed by atoms with Gasteiger partial charge in [-0.25, -0.2) is 9.13 Å². The molecule has 0 aromatic rings. The van der Waals surface area contributed by atoms with Gasteiger partial charge >= 0.3 is 39.5 Å². The Labute approximate surface area is 562 Å². The fourth-order valence-electron chi connectivity index (χ4n) is 11.0. The molecule has 0 spiro atoms. The lowest BCUT2D eigenvalue weighted by Crippen LogP contribution is -2.30. The second kappa shape index (κ2) is 63.8. The number of phosphoric ester groups is 2. The van der Waals surface area contributed by atoms with Crippen LogP contribution in [0.2, 0.25) is 0 Å². The molecular weight excluding hydrogens is 1210 g/mol. The highest BCUT2D eigenvalue weighted by Crippen LogP contribution is 2.45. The second-order valence-corrected chi connectivity index (χ2v) is 30.4. The molecule has 0 rings (SSSR count). The maximum absolute atomic E-state index is 13.0. The molecule has 0 saturated heterocycles. The summed E-state index contributed by atoms with van der Waals surface area (Å²) in [6, 6.07) is 0. The minimum atomic E-state index is -4.95. The van der Waals surface area contributed by atoms with E-state index in [1.165, 1.54) is 173 Å². The van der Waals surface area contributed by atoms with Gasteiger partial charge in [-0.15, -0.1) is 0 Å². The van der Waals surface area contributed by atoms with Gasteiger partial charge in [0.25, 0.3) is 0 Å². The summed E-state index contributed by atoms with van der Waals surface area (Å²) < 4.78 is 68.3. The van der Waals surface area contributed by atoms with Crippen molar-refractivity contribution in [2.24, 2.45) is 17.8 Å². The smallest absolute Gasteiger partial charge is 0.462 e. The zero-order valence-corrected chi connectivity index (χ0v) is 61.8. The molecule has 92 heavy (non-hydrogen) atoms. The molecular formula is C73H142O17P2. The lowest BCUT2D eigenvalue weighted by Gasteiger charge is -2.21. The normalized spacial score (nSPS) is 14.4. The Kier molecular flexibility index (Phi) is 62.4. The van der Waals surface area contributed by atoms with Crippen molar-refractivity contribution in [2.75, 3.05) is 39.6 Å². The fraction of sp³-hybridized carbons (Fsp3) is 0.945. The second-order valence-electron chi connectivity index (χ2n) is 27.5. The van der Waals surface area contributed by atoms with E-state index in [0.717, 1.165) is 114 Å². The first-order valence-corrected chi connectivity index (χ1v) is 40.9. The van der Waals surface area contributed by atoms with Crippen molar-refractivity contribution >= 4 is 39.5 Å². The standard InChI is InChI=1S/C73H142O17P2/c1-8-10-11-12-13-33-40-47-54-70(75)83-60-68(90-73(78)57-50-43-36-29-27-31-38-45-52-65(5)6)62-87-91(79,80)85-58-67(74)59-86-92(81,82)88-63-69(61-84-71(76)55-48-41-34-28-26-30-37-44-51-64(3)4)89-72(77)56-49-42-35-25-23-21-19-17-15-14-16-18-20-22-24-32-39-46-53-66(7)9-2/h64-69,74H,8-63H2,1-7H3,(H,79,80)(H,81,82)/t66?,67-,68+,69+/m0/s1. The summed E-state index contributed by atoms with van der Waals surface area (Å²) in [5, 5.41) is 10.6. The van der Waals surface area contributed by atoms with Crippen LogP contribution in [0.25, 0.3) is 0 Å². The first-order valence-electron chi connectivity index (χ1n) is 37.9. The molecule has 0 aliphatic rings. The molecule has 0 heterocycles. The molecule has 0 aliphatic carbocycles. The first-order chi connectivity index (χ1) is 44.3. The van der Waals surface area contributed by atoms with E-state index in [0.29, 0.717) is 25.7 Å². The lowest BCUT2D eigenvalue weighted by molar-refractivity contribution is -0.161. The average Bonchev–Trinajstić information content (AvgIpc) is 1.87. The molecule has 17 nitrogen and oxygen atoms in total. The van der Waals surface area contributed by atoms with Crippen molar-refractivity contribution in [2.45, 2.75) is 388 Å². The van der Waals surface area contributed by atoms with E-state index >= 15 is 0 Å². The Morgan fingerprint density at radius 2 is 0.554 bits per heavy atom. The Hall–Kier alpha value is -1.94. The maximum atomic E-state index is 13.0. The predicted octanol–water partition coefficient (Wildman–Crippen LogP) is 21.0. The van der Waals surface area contributed by atoms with Gasteiger partial charge in [-0.05, 0) is 43.4 Å². The molecule has 0 fully saturated rings. The van der Waals surface area contributed by atoms with Crippen LogP contribution in [0, 0.1) is 17.8 Å². The Bertz CT molecular complexity index is 1800. The van der Waals surface area contributed by atoms with Crippen LogP contribution >= 0.6 is 15.6 Å². The van der Waals surface area contributed by atoms with E-state index in [1.54, 1.807) is 0 Å². The number of phosphoric acid groups is 2. The predicted molar refractivity (Wildman–Crippen MR) is 372 cm³/mol. The summed E-state index contributed by atoms with van der Waals surface area (Å²) in [5.41, 5.74) is 0. The van der Waals surface area contributed by atoms with Crippen molar-refractivity contribution in [3.8, 4) is 0 Å². The van der Waals surface area contributed by atoms with E-state index in [4.69, 9.17) is 37.0 Å². The van der Waals surface area contributed by atoms with Crippen molar-refractivity contribution in [3.63, 3.8) is 0 Å². The average molecular weight is 1350 g/mol. The minimum absolute atomic E-state index is 0.104. The number of hydrogen-bond donors (Lipinski definition) is 3.